The van der Waals surface area contributed by atoms with Gasteiger partial charge in [0.15, 0.2) is 5.82 Å². The summed E-state index contributed by atoms with van der Waals surface area (Å²) < 4.78 is 2.01. The van der Waals surface area contributed by atoms with Gasteiger partial charge in [-0.2, -0.15) is 0 Å². The van der Waals surface area contributed by atoms with Gasteiger partial charge in [-0.15, -0.1) is 5.10 Å². The molecule has 1 saturated carbocycles. The molecule has 0 aliphatic heterocycles. The number of nitrogens with one attached hydrogen (secondary N) is 1. The van der Waals surface area contributed by atoms with Gasteiger partial charge < -0.3 is 10.1 Å². The SMILES string of the molecule is Cc1cc(C)c2cc(CN(CCO)[C@@H](c3nnnn3C3CCCCC3)C(C)C)c(=O)[nH]c2c1. The summed E-state index contributed by atoms with van der Waals surface area (Å²) in [5.74, 6) is 1.03. The van der Waals surface area contributed by atoms with Crippen LogP contribution in [-0.4, -0.2) is 48.3 Å². The maximum absolute atomic E-state index is 13.0. The van der Waals surface area contributed by atoms with Gasteiger partial charge >= 0.3 is 0 Å². The van der Waals surface area contributed by atoms with Crippen molar-refractivity contribution in [2.24, 2.45) is 5.92 Å². The number of hydrogen-bond donors (Lipinski definition) is 2. The number of aliphatic hydroxyl groups excluding tert-OH is 1. The van der Waals surface area contributed by atoms with Crippen LogP contribution in [0.5, 0.6) is 0 Å². The third-order valence-electron chi connectivity index (χ3n) is 6.88. The lowest BCUT2D eigenvalue weighted by molar-refractivity contribution is 0.103. The van der Waals surface area contributed by atoms with E-state index in [2.05, 4.69) is 52.2 Å². The molecule has 0 saturated heterocycles. The van der Waals surface area contributed by atoms with Gasteiger partial charge in [0, 0.05) is 29.6 Å². The average molecular weight is 453 g/mol. The Kier molecular flexibility index (Phi) is 7.24. The summed E-state index contributed by atoms with van der Waals surface area (Å²) in [6.45, 7) is 9.24. The number of aryl methyl sites for hydroxylation is 2. The van der Waals surface area contributed by atoms with Crippen LogP contribution >= 0.6 is 0 Å². The zero-order valence-electron chi connectivity index (χ0n) is 20.2. The first kappa shape index (κ1) is 23.6. The third kappa shape index (κ3) is 5.01. The number of aliphatic hydroxyl groups is 1. The number of benzene rings is 1. The van der Waals surface area contributed by atoms with Crippen LogP contribution < -0.4 is 5.56 Å². The molecule has 0 unspecified atom stereocenters. The highest BCUT2D eigenvalue weighted by Crippen LogP contribution is 2.33. The number of nitrogens with zero attached hydrogens (tertiary/aromatic N) is 5. The quantitative estimate of drug-likeness (QED) is 0.539. The normalized spacial score (nSPS) is 16.2. The average Bonchev–Trinajstić information content (AvgIpc) is 3.24. The zero-order chi connectivity index (χ0) is 23.5. The fourth-order valence-electron chi connectivity index (χ4n) is 5.36. The zero-order valence-corrected chi connectivity index (χ0v) is 20.2. The van der Waals surface area contributed by atoms with E-state index in [1.807, 2.05) is 23.7 Å². The summed E-state index contributed by atoms with van der Waals surface area (Å²) in [6, 6.07) is 6.34. The van der Waals surface area contributed by atoms with Crippen molar-refractivity contribution in [3.63, 3.8) is 0 Å². The highest BCUT2D eigenvalue weighted by Gasteiger charge is 2.32. The van der Waals surface area contributed by atoms with Crippen molar-refractivity contribution in [1.82, 2.24) is 30.1 Å². The van der Waals surface area contributed by atoms with Gasteiger partial charge in [-0.3, -0.25) is 9.69 Å². The predicted molar refractivity (Wildman–Crippen MR) is 129 cm³/mol. The Morgan fingerprint density at radius 3 is 2.64 bits per heavy atom. The number of rotatable bonds is 8. The summed E-state index contributed by atoms with van der Waals surface area (Å²) in [5.41, 5.74) is 3.71. The molecule has 1 fully saturated rings. The molecule has 4 rings (SSSR count). The lowest BCUT2D eigenvalue weighted by Crippen LogP contribution is -2.38. The standard InChI is InChI=1S/C25H36N6O2/c1-16(2)23(24-27-28-29-31(24)20-8-6-5-7-9-20)30(10-11-32)15-19-14-21-18(4)12-17(3)13-22(21)26-25(19)33/h12-14,16,20,23,32H,5-11,15H2,1-4H3,(H,26,33)/t23-/m1/s1. The van der Waals surface area contributed by atoms with Crippen LogP contribution in [0.3, 0.4) is 0 Å². The van der Waals surface area contributed by atoms with E-state index in [-0.39, 0.29) is 24.1 Å². The number of hydrogen-bond acceptors (Lipinski definition) is 6. The molecule has 33 heavy (non-hydrogen) atoms. The lowest BCUT2D eigenvalue weighted by Gasteiger charge is -2.34. The van der Waals surface area contributed by atoms with Gasteiger partial charge in [-0.05, 0) is 66.3 Å². The Morgan fingerprint density at radius 1 is 1.18 bits per heavy atom. The van der Waals surface area contributed by atoms with E-state index in [0.29, 0.717) is 24.7 Å². The van der Waals surface area contributed by atoms with Crippen molar-refractivity contribution in [3.05, 3.63) is 51.1 Å². The maximum atomic E-state index is 13.0. The molecule has 0 amide bonds. The summed E-state index contributed by atoms with van der Waals surface area (Å²) in [5, 5.41) is 23.8. The minimum atomic E-state index is -0.108. The molecule has 0 radical (unpaired) electrons. The van der Waals surface area contributed by atoms with Crippen molar-refractivity contribution >= 4 is 10.9 Å². The molecule has 1 aliphatic carbocycles. The fraction of sp³-hybridized carbons (Fsp3) is 0.600. The molecule has 0 bridgehead atoms. The number of fused-ring (bicyclic) bond motifs is 1. The molecule has 1 atom stereocenters. The van der Waals surface area contributed by atoms with Gasteiger partial charge in [-0.25, -0.2) is 4.68 Å². The molecular formula is C25H36N6O2. The van der Waals surface area contributed by atoms with Gasteiger partial charge in [0.25, 0.3) is 5.56 Å². The first-order chi connectivity index (χ1) is 15.9. The Labute approximate surface area is 195 Å². The van der Waals surface area contributed by atoms with Gasteiger partial charge in [0.1, 0.15) is 0 Å². The van der Waals surface area contributed by atoms with Crippen LogP contribution in [0.15, 0.2) is 23.0 Å². The Morgan fingerprint density at radius 2 is 1.94 bits per heavy atom. The second-order valence-corrected chi connectivity index (χ2v) is 9.82. The highest BCUT2D eigenvalue weighted by atomic mass is 16.3. The molecule has 8 nitrogen and oxygen atoms in total. The third-order valence-corrected chi connectivity index (χ3v) is 6.88. The van der Waals surface area contributed by atoms with Crippen molar-refractivity contribution in [2.75, 3.05) is 13.2 Å². The van der Waals surface area contributed by atoms with Crippen LogP contribution in [0, 0.1) is 19.8 Å². The fourth-order valence-corrected chi connectivity index (χ4v) is 5.36. The maximum Gasteiger partial charge on any atom is 0.252 e. The van der Waals surface area contributed by atoms with Crippen molar-refractivity contribution in [3.8, 4) is 0 Å². The molecule has 2 N–H and O–H groups in total. The minimum absolute atomic E-state index is 0.00206. The number of aromatic nitrogens is 5. The van der Waals surface area contributed by atoms with E-state index in [9.17, 15) is 9.90 Å². The Bertz CT molecular complexity index is 1150. The molecular weight excluding hydrogens is 416 g/mol. The topological polar surface area (TPSA) is 99.9 Å². The second kappa shape index (κ2) is 10.1. The predicted octanol–water partition coefficient (Wildman–Crippen LogP) is 3.83. The largest absolute Gasteiger partial charge is 0.395 e. The molecule has 3 aromatic rings. The van der Waals surface area contributed by atoms with Crippen LogP contribution in [0.25, 0.3) is 10.9 Å². The smallest absolute Gasteiger partial charge is 0.252 e. The van der Waals surface area contributed by atoms with E-state index >= 15 is 0 Å². The van der Waals surface area contributed by atoms with Gasteiger partial charge in [0.2, 0.25) is 0 Å². The summed E-state index contributed by atoms with van der Waals surface area (Å²) in [7, 11) is 0. The first-order valence-corrected chi connectivity index (χ1v) is 12.1. The van der Waals surface area contributed by atoms with Crippen LogP contribution in [0.1, 0.15) is 80.6 Å². The lowest BCUT2D eigenvalue weighted by atomic mass is 9.94. The summed E-state index contributed by atoms with van der Waals surface area (Å²) >= 11 is 0. The van der Waals surface area contributed by atoms with Crippen molar-refractivity contribution < 1.29 is 5.11 Å². The van der Waals surface area contributed by atoms with Crippen LogP contribution in [0.2, 0.25) is 0 Å². The van der Waals surface area contributed by atoms with E-state index in [4.69, 9.17) is 0 Å². The summed E-state index contributed by atoms with van der Waals surface area (Å²) in [4.78, 5) is 18.2. The van der Waals surface area contributed by atoms with E-state index < -0.39 is 0 Å². The number of pyridine rings is 1. The molecule has 0 spiro atoms. The van der Waals surface area contributed by atoms with Gasteiger partial charge in [0.05, 0.1) is 18.7 Å². The van der Waals surface area contributed by atoms with Crippen molar-refractivity contribution in [1.29, 1.82) is 0 Å². The van der Waals surface area contributed by atoms with E-state index in [0.717, 1.165) is 40.7 Å². The minimum Gasteiger partial charge on any atom is -0.395 e. The second-order valence-electron chi connectivity index (χ2n) is 9.82. The monoisotopic (exact) mass is 452 g/mol. The van der Waals surface area contributed by atoms with Gasteiger partial charge in [-0.1, -0.05) is 39.2 Å². The van der Waals surface area contributed by atoms with Crippen molar-refractivity contribution in [2.45, 2.75) is 78.4 Å². The molecule has 2 aromatic heterocycles. The molecule has 178 valence electrons. The van der Waals surface area contributed by atoms with Crippen LogP contribution in [-0.2, 0) is 6.54 Å². The Balaban J connectivity index is 1.71. The molecule has 2 heterocycles. The molecule has 1 aromatic carbocycles. The molecule has 8 heteroatoms. The number of aromatic amines is 1. The summed E-state index contributed by atoms with van der Waals surface area (Å²) in [6.07, 6.45) is 5.84. The number of H-pyrrole nitrogens is 1. The Hall–Kier alpha value is -2.58. The molecule has 1 aliphatic rings. The van der Waals surface area contributed by atoms with E-state index in [1.54, 1.807) is 0 Å². The number of tetrazole rings is 1. The van der Waals surface area contributed by atoms with Crippen LogP contribution in [0.4, 0.5) is 0 Å². The first-order valence-electron chi connectivity index (χ1n) is 12.1. The highest BCUT2D eigenvalue weighted by molar-refractivity contribution is 5.83. The van der Waals surface area contributed by atoms with E-state index in [1.165, 1.54) is 19.3 Å².